The van der Waals surface area contributed by atoms with Crippen LogP contribution in [0.2, 0.25) is 0 Å². The van der Waals surface area contributed by atoms with Gasteiger partial charge in [-0.3, -0.25) is 4.90 Å². The van der Waals surface area contributed by atoms with Gasteiger partial charge in [-0.1, -0.05) is 25.3 Å². The highest BCUT2D eigenvalue weighted by molar-refractivity contribution is 5.91. The number of rotatable bonds is 4. The van der Waals surface area contributed by atoms with Gasteiger partial charge < -0.3 is 21.1 Å². The second-order valence-electron chi connectivity index (χ2n) is 10.1. The molecule has 3 aromatic rings. The zero-order valence-corrected chi connectivity index (χ0v) is 22.8. The minimum absolute atomic E-state index is 0.00895. The number of nitrogens with one attached hydrogen (secondary N) is 1. The predicted octanol–water partition coefficient (Wildman–Crippen LogP) is 5.42. The lowest BCUT2D eigenvalue weighted by Crippen LogP contribution is -2.51. The van der Waals surface area contributed by atoms with Gasteiger partial charge in [0.2, 0.25) is 5.95 Å². The van der Waals surface area contributed by atoms with Crippen LogP contribution < -0.4 is 16.0 Å². The Balaban J connectivity index is 0.000000517. The number of hydrogen-bond acceptors (Lipinski definition) is 8. The first-order valence-corrected chi connectivity index (χ1v) is 13.4. The summed E-state index contributed by atoms with van der Waals surface area (Å²) in [6.07, 6.45) is -3.34. The fourth-order valence-electron chi connectivity index (χ4n) is 5.44. The van der Waals surface area contributed by atoms with Crippen molar-refractivity contribution in [2.45, 2.75) is 50.5 Å². The Kier molecular flexibility index (Phi) is 9.28. The molecule has 0 bridgehead atoms. The van der Waals surface area contributed by atoms with E-state index in [-0.39, 0.29) is 22.9 Å². The molecule has 2 fully saturated rings. The molecule has 1 aliphatic carbocycles. The molecule has 3 heterocycles. The molecule has 15 heteroatoms. The largest absolute Gasteiger partial charge is 0.490 e. The molecule has 0 amide bonds. The number of aromatic nitrogens is 3. The summed E-state index contributed by atoms with van der Waals surface area (Å²) in [5, 5.41) is 10.7. The Bertz CT molecular complexity index is 1400. The van der Waals surface area contributed by atoms with Crippen LogP contribution in [0.3, 0.4) is 0 Å². The second-order valence-corrected chi connectivity index (χ2v) is 10.1. The van der Waals surface area contributed by atoms with Gasteiger partial charge in [-0.15, -0.1) is 0 Å². The molecule has 0 spiro atoms. The van der Waals surface area contributed by atoms with E-state index in [1.165, 1.54) is 38.2 Å². The average molecular weight is 600 g/mol. The summed E-state index contributed by atoms with van der Waals surface area (Å²) in [6, 6.07) is 8.27. The average Bonchev–Trinajstić information content (AvgIpc) is 2.96. The number of anilines is 3. The number of hydrogen-bond donors (Lipinski definition) is 3. The van der Waals surface area contributed by atoms with Crippen LogP contribution >= 0.6 is 0 Å². The minimum atomic E-state index is -5.08. The standard InChI is InChI=1S/C25H30F3N7.C2HF3O2/c1-30-22-17-10-11-19(31-23(17)33-24(29)32-22)21-18(25(26,27)28)8-5-9-20(21)35-14-12-34(13-15-35)16-6-3-2-4-7-16;3-2(4,5)1(6)7/h5,8-11,16H,2-4,6-7,12-15H2,1H3,(H3,29,30,31,32,33);(H,6,7). The lowest BCUT2D eigenvalue weighted by Gasteiger charge is -2.42. The van der Waals surface area contributed by atoms with E-state index in [0.717, 1.165) is 19.2 Å². The van der Waals surface area contributed by atoms with Gasteiger partial charge in [0, 0.05) is 50.5 Å². The van der Waals surface area contributed by atoms with Gasteiger partial charge in [0.05, 0.1) is 16.6 Å². The molecule has 4 N–H and O–H groups in total. The predicted molar refractivity (Wildman–Crippen MR) is 146 cm³/mol. The number of carbonyl (C=O) groups is 1. The van der Waals surface area contributed by atoms with Crippen molar-refractivity contribution in [3.05, 3.63) is 35.9 Å². The van der Waals surface area contributed by atoms with Crippen LogP contribution in [0.5, 0.6) is 0 Å². The molecule has 1 saturated heterocycles. The van der Waals surface area contributed by atoms with E-state index in [2.05, 4.69) is 30.1 Å². The lowest BCUT2D eigenvalue weighted by atomic mass is 9.93. The van der Waals surface area contributed by atoms with Gasteiger partial charge >= 0.3 is 18.3 Å². The monoisotopic (exact) mass is 599 g/mol. The summed E-state index contributed by atoms with van der Waals surface area (Å²) in [4.78, 5) is 26.3. The van der Waals surface area contributed by atoms with E-state index in [9.17, 15) is 26.3 Å². The van der Waals surface area contributed by atoms with Crippen molar-refractivity contribution in [3.8, 4) is 11.3 Å². The number of pyridine rings is 1. The van der Waals surface area contributed by atoms with Crippen molar-refractivity contribution in [2.75, 3.05) is 49.2 Å². The zero-order chi connectivity index (χ0) is 30.7. The maximum atomic E-state index is 14.2. The number of nitrogens with two attached hydrogens (primary N) is 1. The van der Waals surface area contributed by atoms with Gasteiger partial charge in [-0.2, -0.15) is 36.3 Å². The first-order valence-electron chi connectivity index (χ1n) is 13.4. The summed E-state index contributed by atoms with van der Waals surface area (Å²) in [7, 11) is 1.69. The number of carboxylic acids is 1. The molecule has 1 saturated carbocycles. The summed E-state index contributed by atoms with van der Waals surface area (Å²) in [5.74, 6) is -2.27. The minimum Gasteiger partial charge on any atom is -0.475 e. The number of alkyl halides is 6. The highest BCUT2D eigenvalue weighted by Crippen LogP contribution is 2.42. The van der Waals surface area contributed by atoms with Gasteiger partial charge in [0.1, 0.15) is 5.82 Å². The number of benzene rings is 1. The van der Waals surface area contributed by atoms with Crippen molar-refractivity contribution >= 4 is 34.5 Å². The number of piperazine rings is 1. The molecule has 42 heavy (non-hydrogen) atoms. The smallest absolute Gasteiger partial charge is 0.475 e. The SMILES string of the molecule is CNc1nc(N)nc2nc(-c3c(N4CCN(C5CCCCC5)CC4)cccc3C(F)(F)F)ccc12.O=C(O)C(F)(F)F. The fourth-order valence-corrected chi connectivity index (χ4v) is 5.44. The van der Waals surface area contributed by atoms with Crippen LogP contribution in [0, 0.1) is 0 Å². The zero-order valence-electron chi connectivity index (χ0n) is 22.8. The molecule has 2 aliphatic rings. The summed E-state index contributed by atoms with van der Waals surface area (Å²) >= 11 is 0. The van der Waals surface area contributed by atoms with Crippen molar-refractivity contribution in [1.82, 2.24) is 19.9 Å². The third-order valence-electron chi connectivity index (χ3n) is 7.41. The van der Waals surface area contributed by atoms with Gasteiger partial charge in [0.25, 0.3) is 0 Å². The molecular formula is C27H31F6N7O2. The molecule has 5 rings (SSSR count). The van der Waals surface area contributed by atoms with Crippen molar-refractivity contribution in [2.24, 2.45) is 0 Å². The van der Waals surface area contributed by atoms with E-state index in [1.807, 2.05) is 0 Å². The Labute approximate surface area is 237 Å². The number of fused-ring (bicyclic) bond motifs is 1. The van der Waals surface area contributed by atoms with Crippen molar-refractivity contribution in [1.29, 1.82) is 0 Å². The number of halogens is 6. The van der Waals surface area contributed by atoms with Crippen LogP contribution in [0.15, 0.2) is 30.3 Å². The summed E-state index contributed by atoms with van der Waals surface area (Å²) in [6.45, 7) is 3.05. The third kappa shape index (κ3) is 7.12. The third-order valence-corrected chi connectivity index (χ3v) is 7.41. The van der Waals surface area contributed by atoms with Crippen LogP contribution in [-0.2, 0) is 11.0 Å². The fraction of sp³-hybridized carbons (Fsp3) is 0.481. The van der Waals surface area contributed by atoms with Crippen molar-refractivity contribution < 1.29 is 36.2 Å². The number of nitrogen functional groups attached to an aromatic ring is 1. The molecule has 2 aromatic heterocycles. The topological polar surface area (TPSA) is 120 Å². The quantitative estimate of drug-likeness (QED) is 0.338. The molecular weight excluding hydrogens is 568 g/mol. The maximum absolute atomic E-state index is 14.2. The Morgan fingerprint density at radius 1 is 0.952 bits per heavy atom. The molecule has 0 radical (unpaired) electrons. The van der Waals surface area contributed by atoms with Crippen LogP contribution in [0.4, 0.5) is 43.8 Å². The van der Waals surface area contributed by atoms with Crippen LogP contribution in [0.25, 0.3) is 22.3 Å². The Hall–Kier alpha value is -3.88. The first-order chi connectivity index (χ1) is 19.8. The number of nitrogens with zero attached hydrogens (tertiary/aromatic N) is 5. The highest BCUT2D eigenvalue weighted by Gasteiger charge is 2.38. The van der Waals surface area contributed by atoms with Crippen molar-refractivity contribution in [3.63, 3.8) is 0 Å². The van der Waals surface area contributed by atoms with E-state index < -0.39 is 23.9 Å². The van der Waals surface area contributed by atoms with Crippen LogP contribution in [0.1, 0.15) is 37.7 Å². The second kappa shape index (κ2) is 12.5. The van der Waals surface area contributed by atoms with E-state index in [4.69, 9.17) is 15.6 Å². The van der Waals surface area contributed by atoms with E-state index in [1.54, 1.807) is 25.2 Å². The number of carboxylic acid groups (broad SMARTS) is 1. The van der Waals surface area contributed by atoms with E-state index >= 15 is 0 Å². The molecule has 9 nitrogen and oxygen atoms in total. The normalized spacial score (nSPS) is 17.1. The first kappa shape index (κ1) is 31.1. The van der Waals surface area contributed by atoms with Gasteiger partial charge in [-0.25, -0.2) is 9.78 Å². The maximum Gasteiger partial charge on any atom is 0.490 e. The van der Waals surface area contributed by atoms with E-state index in [0.29, 0.717) is 36.0 Å². The summed E-state index contributed by atoms with van der Waals surface area (Å²) < 4.78 is 74.3. The molecule has 1 aliphatic heterocycles. The summed E-state index contributed by atoms with van der Waals surface area (Å²) in [5.41, 5.74) is 6.21. The van der Waals surface area contributed by atoms with Gasteiger partial charge in [0.15, 0.2) is 5.65 Å². The molecule has 0 unspecified atom stereocenters. The van der Waals surface area contributed by atoms with Gasteiger partial charge in [-0.05, 0) is 37.1 Å². The molecule has 228 valence electrons. The number of aliphatic carboxylic acids is 1. The van der Waals surface area contributed by atoms with Crippen LogP contribution in [-0.4, -0.2) is 76.4 Å². The molecule has 1 aromatic carbocycles. The Morgan fingerprint density at radius 2 is 1.60 bits per heavy atom. The molecule has 0 atom stereocenters. The Morgan fingerprint density at radius 3 is 2.17 bits per heavy atom. The lowest BCUT2D eigenvalue weighted by molar-refractivity contribution is -0.192. The highest BCUT2D eigenvalue weighted by atomic mass is 19.4.